The van der Waals surface area contributed by atoms with Crippen LogP contribution in [-0.2, 0) is 20.8 Å². The van der Waals surface area contributed by atoms with E-state index < -0.39 is 62.8 Å². The number of aliphatic hydroxyl groups is 3. The van der Waals surface area contributed by atoms with Gasteiger partial charge in [0, 0.05) is 33.1 Å². The van der Waals surface area contributed by atoms with Crippen LogP contribution >= 0.6 is 0 Å². The van der Waals surface area contributed by atoms with E-state index in [0.29, 0.717) is 33.8 Å². The molecule has 52 heavy (non-hydrogen) atoms. The van der Waals surface area contributed by atoms with Gasteiger partial charge in [-0.15, -0.1) is 0 Å². The number of amides is 1. The number of phenolic OH excluding ortho intramolecular Hbond substituents is 1. The highest BCUT2D eigenvalue weighted by atomic mass is 16.5. The normalized spacial score (nSPS) is 24.9. The molecule has 0 aliphatic heterocycles. The number of phenols is 1. The van der Waals surface area contributed by atoms with Gasteiger partial charge in [-0.1, -0.05) is 37.5 Å². The van der Waals surface area contributed by atoms with Crippen molar-refractivity contribution < 1.29 is 44.3 Å². The number of fused-ring (bicyclic) bond motifs is 3. The summed E-state index contributed by atoms with van der Waals surface area (Å²) in [5.74, 6) is 8.03. The first-order chi connectivity index (χ1) is 24.5. The number of ketones is 2. The largest absolute Gasteiger partial charge is 0.508 e. The Morgan fingerprint density at radius 2 is 1.38 bits per heavy atom. The van der Waals surface area contributed by atoms with Crippen molar-refractivity contribution in [2.24, 2.45) is 16.6 Å². The summed E-state index contributed by atoms with van der Waals surface area (Å²) in [6.07, 6.45) is -0.0795. The van der Waals surface area contributed by atoms with Gasteiger partial charge in [0.25, 0.3) is 5.91 Å². The SMILES string of the molecule is COc1ccc(C#Cc2cc(C#Cc3ccc(OC)cc3)c3c(c2O)C(O)=C2C(=O)[C@]4(O)C(O)=C(C(N)=O)C(=O)[C@@H](N(C)C)[C@]4(C)C[C@]2(C)C3)cc1. The van der Waals surface area contributed by atoms with Crippen LogP contribution in [0.1, 0.15) is 53.6 Å². The maximum atomic E-state index is 14.7. The molecule has 0 heterocycles. The minimum atomic E-state index is -2.83. The summed E-state index contributed by atoms with van der Waals surface area (Å²) in [6, 6.07) is 14.4. The summed E-state index contributed by atoms with van der Waals surface area (Å²) >= 11 is 0. The molecule has 3 aromatic carbocycles. The summed E-state index contributed by atoms with van der Waals surface area (Å²) in [5, 5.41) is 47.5. The Labute approximate surface area is 301 Å². The van der Waals surface area contributed by atoms with Crippen molar-refractivity contribution in [3.05, 3.63) is 105 Å². The molecular weight excluding hydrogens is 664 g/mol. The van der Waals surface area contributed by atoms with Gasteiger partial charge in [0.1, 0.15) is 34.3 Å². The third kappa shape index (κ3) is 5.29. The molecular formula is C41H38N2O9. The van der Waals surface area contributed by atoms with Crippen molar-refractivity contribution >= 4 is 23.2 Å². The van der Waals surface area contributed by atoms with Crippen LogP contribution in [0.25, 0.3) is 5.76 Å². The number of Topliss-reactive ketones (excluding diaryl/α,β-unsaturated/α-hetero) is 2. The van der Waals surface area contributed by atoms with E-state index >= 15 is 0 Å². The van der Waals surface area contributed by atoms with E-state index in [0.717, 1.165) is 0 Å². The van der Waals surface area contributed by atoms with Gasteiger partial charge in [0.05, 0.1) is 31.4 Å². The van der Waals surface area contributed by atoms with Gasteiger partial charge in [0.15, 0.2) is 11.4 Å². The summed E-state index contributed by atoms with van der Waals surface area (Å²) in [4.78, 5) is 42.4. The van der Waals surface area contributed by atoms with E-state index in [4.69, 9.17) is 15.2 Å². The third-order valence-corrected chi connectivity index (χ3v) is 10.5. The van der Waals surface area contributed by atoms with E-state index in [-0.39, 0.29) is 29.5 Å². The number of aromatic hydroxyl groups is 1. The van der Waals surface area contributed by atoms with Crippen LogP contribution in [0.15, 0.2) is 71.5 Å². The molecule has 11 nitrogen and oxygen atoms in total. The van der Waals surface area contributed by atoms with Gasteiger partial charge in [-0.25, -0.2) is 0 Å². The lowest BCUT2D eigenvalue weighted by atomic mass is 9.46. The molecule has 0 radical (unpaired) electrons. The average molecular weight is 703 g/mol. The van der Waals surface area contributed by atoms with Crippen LogP contribution in [0.4, 0.5) is 0 Å². The zero-order valence-corrected chi connectivity index (χ0v) is 29.5. The maximum Gasteiger partial charge on any atom is 0.255 e. The molecule has 6 rings (SSSR count). The second-order valence-electron chi connectivity index (χ2n) is 14.0. The molecule has 1 saturated carbocycles. The number of rotatable bonds is 4. The van der Waals surface area contributed by atoms with Gasteiger partial charge in [0.2, 0.25) is 5.78 Å². The van der Waals surface area contributed by atoms with E-state index in [1.807, 2.05) is 0 Å². The van der Waals surface area contributed by atoms with Crippen LogP contribution in [-0.4, -0.2) is 82.8 Å². The van der Waals surface area contributed by atoms with Gasteiger partial charge >= 0.3 is 0 Å². The quantitative estimate of drug-likeness (QED) is 0.199. The number of carbonyl (C=O) groups excluding carboxylic acids is 3. The van der Waals surface area contributed by atoms with Crippen molar-refractivity contribution in [3.63, 3.8) is 0 Å². The highest BCUT2D eigenvalue weighted by Crippen LogP contribution is 2.63. The fourth-order valence-electron chi connectivity index (χ4n) is 8.22. The third-order valence-electron chi connectivity index (χ3n) is 10.5. The number of benzene rings is 3. The number of aliphatic hydroxyl groups excluding tert-OH is 2. The second kappa shape index (κ2) is 12.6. The Morgan fingerprint density at radius 1 is 0.865 bits per heavy atom. The number of nitrogens with zero attached hydrogens (tertiary/aromatic N) is 1. The Hall–Kier alpha value is -6.01. The van der Waals surface area contributed by atoms with E-state index in [1.54, 1.807) is 89.8 Å². The van der Waals surface area contributed by atoms with Crippen molar-refractivity contribution in [1.82, 2.24) is 4.90 Å². The molecule has 3 aliphatic rings. The molecule has 3 aliphatic carbocycles. The Balaban J connectivity index is 1.61. The number of likely N-dealkylation sites (N-methyl/N-ethyl adjacent to an activating group) is 1. The minimum Gasteiger partial charge on any atom is -0.508 e. The fourth-order valence-corrected chi connectivity index (χ4v) is 8.22. The zero-order chi connectivity index (χ0) is 37.9. The molecule has 0 saturated heterocycles. The lowest BCUT2D eigenvalue weighted by Gasteiger charge is -2.59. The topological polar surface area (TPSA) is 180 Å². The molecule has 0 bridgehead atoms. The molecule has 0 unspecified atom stereocenters. The second-order valence-corrected chi connectivity index (χ2v) is 14.0. The predicted octanol–water partition coefficient (Wildman–Crippen LogP) is 3.56. The Kier molecular flexibility index (Phi) is 8.70. The average Bonchev–Trinajstić information content (AvgIpc) is 3.09. The van der Waals surface area contributed by atoms with Crippen LogP contribution in [0.3, 0.4) is 0 Å². The van der Waals surface area contributed by atoms with Crippen molar-refractivity contribution in [3.8, 4) is 40.9 Å². The number of carbonyl (C=O) groups is 3. The minimum absolute atomic E-state index is 0.0347. The molecule has 6 N–H and O–H groups in total. The zero-order valence-electron chi connectivity index (χ0n) is 29.5. The summed E-state index contributed by atoms with van der Waals surface area (Å²) in [7, 11) is 6.22. The molecule has 3 aromatic rings. The highest BCUT2D eigenvalue weighted by Gasteiger charge is 2.72. The van der Waals surface area contributed by atoms with E-state index in [9.17, 15) is 34.8 Å². The number of ether oxygens (including phenoxy) is 2. The van der Waals surface area contributed by atoms with Gasteiger partial charge in [-0.2, -0.15) is 0 Å². The van der Waals surface area contributed by atoms with Crippen LogP contribution in [0.5, 0.6) is 17.2 Å². The Morgan fingerprint density at radius 3 is 1.87 bits per heavy atom. The van der Waals surface area contributed by atoms with Gasteiger partial charge < -0.3 is 35.6 Å². The summed E-state index contributed by atoms with van der Waals surface area (Å²) in [5.41, 5.74) is 0.622. The first-order valence-electron chi connectivity index (χ1n) is 16.4. The lowest BCUT2D eigenvalue weighted by molar-refractivity contribution is -0.176. The molecule has 1 amide bonds. The molecule has 266 valence electrons. The number of primary amides is 1. The van der Waals surface area contributed by atoms with Crippen LogP contribution in [0.2, 0.25) is 0 Å². The number of hydrogen-bond acceptors (Lipinski definition) is 10. The Bertz CT molecular complexity index is 2250. The molecule has 0 spiro atoms. The predicted molar refractivity (Wildman–Crippen MR) is 191 cm³/mol. The molecule has 0 aromatic heterocycles. The number of hydrogen-bond donors (Lipinski definition) is 5. The van der Waals surface area contributed by atoms with Crippen molar-refractivity contribution in [2.75, 3.05) is 28.3 Å². The van der Waals surface area contributed by atoms with Gasteiger partial charge in [-0.3, -0.25) is 19.3 Å². The molecule has 11 heteroatoms. The van der Waals surface area contributed by atoms with Crippen molar-refractivity contribution in [1.29, 1.82) is 0 Å². The standard InChI is InChI=1S/C41H38N2O9/c1-39-20-28-24(13-7-22-9-15-26(51-5)16-10-22)19-25(14-8-23-11-17-27(52-6)18-12-23)32(44)29(28)33(45)31(39)37(48)41(50)36(47)30(38(42)49)34(46)35(43(3)4)40(41,2)21-39/h9-12,15-19,35,44-45,47,50H,20-21H2,1-6H3,(H2,42,49)/t35-,39+,40+,41-/m1/s1. The highest BCUT2D eigenvalue weighted by molar-refractivity contribution is 6.25. The lowest BCUT2D eigenvalue weighted by Crippen LogP contribution is -2.72. The fraction of sp³-hybridized carbons (Fsp3) is 0.293. The maximum absolute atomic E-state index is 14.7. The smallest absolute Gasteiger partial charge is 0.255 e. The first-order valence-corrected chi connectivity index (χ1v) is 16.4. The monoisotopic (exact) mass is 702 g/mol. The summed E-state index contributed by atoms with van der Waals surface area (Å²) < 4.78 is 10.5. The molecule has 4 atom stereocenters. The molecule has 1 fully saturated rings. The van der Waals surface area contributed by atoms with Gasteiger partial charge in [-0.05, 0) is 87.1 Å². The number of methoxy groups -OCH3 is 2. The first kappa shape index (κ1) is 35.8. The summed E-state index contributed by atoms with van der Waals surface area (Å²) in [6.45, 7) is 3.21. The number of nitrogens with two attached hydrogens (primary N) is 1. The van der Waals surface area contributed by atoms with E-state index in [1.165, 1.54) is 11.8 Å². The van der Waals surface area contributed by atoms with E-state index in [2.05, 4.69) is 23.7 Å². The van der Waals surface area contributed by atoms with Crippen molar-refractivity contribution in [2.45, 2.75) is 38.3 Å². The van der Waals surface area contributed by atoms with Crippen LogP contribution in [0, 0.1) is 34.5 Å². The van der Waals surface area contributed by atoms with Crippen LogP contribution < -0.4 is 15.2 Å².